The fourth-order valence-electron chi connectivity index (χ4n) is 5.96. The number of hydrogen-bond donors (Lipinski definition) is 1. The smallest absolute Gasteiger partial charge is 0.253 e. The first-order valence-electron chi connectivity index (χ1n) is 12.6. The highest BCUT2D eigenvalue weighted by Gasteiger charge is 2.55. The maximum absolute atomic E-state index is 13.1. The molecule has 5 rings (SSSR count). The van der Waals surface area contributed by atoms with Crippen molar-refractivity contribution in [2.75, 3.05) is 13.1 Å². The first-order chi connectivity index (χ1) is 17.0. The first-order valence-corrected chi connectivity index (χ1v) is 12.6. The number of benzene rings is 2. The van der Waals surface area contributed by atoms with Crippen molar-refractivity contribution in [3.8, 4) is 11.3 Å². The summed E-state index contributed by atoms with van der Waals surface area (Å²) in [6, 6.07) is 21.3. The summed E-state index contributed by atoms with van der Waals surface area (Å²) in [5.74, 6) is 0.147. The summed E-state index contributed by atoms with van der Waals surface area (Å²) < 4.78 is 1.54. The summed E-state index contributed by atoms with van der Waals surface area (Å²) in [5.41, 5.74) is 1.10. The van der Waals surface area contributed by atoms with E-state index in [9.17, 15) is 14.7 Å². The fraction of sp³-hybridized carbons (Fsp3) is 0.414. The average molecular weight is 472 g/mol. The number of carbonyl (C=O) groups is 1. The lowest BCUT2D eigenvalue weighted by atomic mass is 9.65. The zero-order valence-corrected chi connectivity index (χ0v) is 20.1. The number of amides is 1. The summed E-state index contributed by atoms with van der Waals surface area (Å²) >= 11 is 0. The topological polar surface area (TPSA) is 75.4 Å². The van der Waals surface area contributed by atoms with E-state index < -0.39 is 5.60 Å². The standard InChI is InChI=1S/C29H33N3O3/c33-26(14-13-23-9-3-1-4-10-23)31-18-17-29(35,28(20-31)15-7-8-16-28)21-32-22-30-25(19-27(32)34)24-11-5-2-6-12-24/h1-6,9-12,19,22,35H,7-8,13-18,20-21H2. The van der Waals surface area contributed by atoms with Gasteiger partial charge in [0.25, 0.3) is 5.56 Å². The lowest BCUT2D eigenvalue weighted by Crippen LogP contribution is -2.62. The van der Waals surface area contributed by atoms with Crippen molar-refractivity contribution in [2.24, 2.45) is 5.41 Å². The van der Waals surface area contributed by atoms with Gasteiger partial charge in [0.1, 0.15) is 0 Å². The van der Waals surface area contributed by atoms with Gasteiger partial charge in [0, 0.05) is 36.6 Å². The normalized spacial score (nSPS) is 21.3. The van der Waals surface area contributed by atoms with E-state index in [1.807, 2.05) is 53.4 Å². The maximum Gasteiger partial charge on any atom is 0.253 e. The minimum atomic E-state index is -1.04. The molecule has 182 valence electrons. The second-order valence-corrected chi connectivity index (χ2v) is 10.2. The molecule has 1 N–H and O–H groups in total. The lowest BCUT2D eigenvalue weighted by Gasteiger charge is -2.52. The van der Waals surface area contributed by atoms with Crippen LogP contribution in [0.25, 0.3) is 11.3 Å². The van der Waals surface area contributed by atoms with Crippen LogP contribution in [0.1, 0.15) is 44.1 Å². The molecule has 2 heterocycles. The number of aliphatic hydroxyl groups is 1. The van der Waals surface area contributed by atoms with Crippen molar-refractivity contribution >= 4 is 5.91 Å². The van der Waals surface area contributed by atoms with Gasteiger partial charge < -0.3 is 10.0 Å². The van der Waals surface area contributed by atoms with Gasteiger partial charge in [-0.3, -0.25) is 14.2 Å². The number of carbonyl (C=O) groups excluding carboxylic acids is 1. The predicted molar refractivity (Wildman–Crippen MR) is 136 cm³/mol. The second kappa shape index (κ2) is 9.78. The number of nitrogens with zero attached hydrogens (tertiary/aromatic N) is 3. The summed E-state index contributed by atoms with van der Waals surface area (Å²) in [6.45, 7) is 1.28. The number of rotatable bonds is 6. The monoisotopic (exact) mass is 471 g/mol. The highest BCUT2D eigenvalue weighted by atomic mass is 16.3. The molecule has 1 aliphatic heterocycles. The first kappa shape index (κ1) is 23.5. The van der Waals surface area contributed by atoms with Crippen molar-refractivity contribution in [1.29, 1.82) is 0 Å². The molecule has 1 aromatic heterocycles. The van der Waals surface area contributed by atoms with Crippen LogP contribution in [-0.2, 0) is 17.8 Å². The number of aromatic nitrogens is 2. The Labute approximate surface area is 206 Å². The average Bonchev–Trinajstić information content (AvgIpc) is 3.37. The van der Waals surface area contributed by atoms with Crippen LogP contribution < -0.4 is 5.56 Å². The fourth-order valence-corrected chi connectivity index (χ4v) is 5.96. The zero-order valence-electron chi connectivity index (χ0n) is 20.1. The van der Waals surface area contributed by atoms with E-state index in [2.05, 4.69) is 17.1 Å². The summed E-state index contributed by atoms with van der Waals surface area (Å²) in [7, 11) is 0. The van der Waals surface area contributed by atoms with Gasteiger partial charge in [0.05, 0.1) is 24.2 Å². The highest BCUT2D eigenvalue weighted by Crippen LogP contribution is 2.51. The van der Waals surface area contributed by atoms with E-state index >= 15 is 0 Å². The molecule has 35 heavy (non-hydrogen) atoms. The van der Waals surface area contributed by atoms with E-state index in [0.717, 1.165) is 43.2 Å². The molecule has 1 saturated heterocycles. The van der Waals surface area contributed by atoms with E-state index in [0.29, 0.717) is 31.6 Å². The van der Waals surface area contributed by atoms with Crippen LogP contribution in [0.15, 0.2) is 77.9 Å². The molecule has 1 aliphatic carbocycles. The Bertz CT molecular complexity index is 1220. The SMILES string of the molecule is O=C(CCc1ccccc1)N1CCC(O)(Cn2cnc(-c3ccccc3)cc2=O)C2(CCCC2)C1. The number of likely N-dealkylation sites (tertiary alicyclic amines) is 1. The van der Waals surface area contributed by atoms with Crippen molar-refractivity contribution in [2.45, 2.75) is 57.1 Å². The minimum Gasteiger partial charge on any atom is -0.387 e. The summed E-state index contributed by atoms with van der Waals surface area (Å²) in [6.07, 6.45) is 7.04. The third-order valence-corrected chi connectivity index (χ3v) is 8.04. The molecule has 2 fully saturated rings. The van der Waals surface area contributed by atoms with Gasteiger partial charge in [-0.1, -0.05) is 73.5 Å². The van der Waals surface area contributed by atoms with Gasteiger partial charge in [0.2, 0.25) is 5.91 Å². The molecule has 1 amide bonds. The molecule has 6 nitrogen and oxygen atoms in total. The van der Waals surface area contributed by atoms with Gasteiger partial charge in [0.15, 0.2) is 0 Å². The molecule has 2 aromatic carbocycles. The summed E-state index contributed by atoms with van der Waals surface area (Å²) in [4.78, 5) is 32.5. The van der Waals surface area contributed by atoms with Crippen LogP contribution in [0.2, 0.25) is 0 Å². The zero-order chi connectivity index (χ0) is 24.3. The Balaban J connectivity index is 1.31. The molecule has 6 heteroatoms. The van der Waals surface area contributed by atoms with E-state index in [-0.39, 0.29) is 23.4 Å². The van der Waals surface area contributed by atoms with Crippen molar-refractivity contribution < 1.29 is 9.90 Å². The number of piperidine rings is 1. The Kier molecular flexibility index (Phi) is 6.56. The largest absolute Gasteiger partial charge is 0.387 e. The Morgan fingerprint density at radius 1 is 0.971 bits per heavy atom. The van der Waals surface area contributed by atoms with Gasteiger partial charge >= 0.3 is 0 Å². The lowest BCUT2D eigenvalue weighted by molar-refractivity contribution is -0.160. The molecule has 0 bridgehead atoms. The van der Waals surface area contributed by atoms with Crippen LogP contribution in [0, 0.1) is 5.41 Å². The Morgan fingerprint density at radius 2 is 1.66 bits per heavy atom. The minimum absolute atomic E-state index is 0.147. The second-order valence-electron chi connectivity index (χ2n) is 10.2. The molecular weight excluding hydrogens is 438 g/mol. The molecular formula is C29H33N3O3. The Hall–Kier alpha value is -3.25. The van der Waals surface area contributed by atoms with Crippen molar-refractivity contribution in [3.05, 3.63) is 89.0 Å². The third kappa shape index (κ3) is 4.80. The molecule has 1 saturated carbocycles. The highest BCUT2D eigenvalue weighted by molar-refractivity contribution is 5.76. The molecule has 1 spiro atoms. The van der Waals surface area contributed by atoms with Crippen molar-refractivity contribution in [1.82, 2.24) is 14.5 Å². The quantitative estimate of drug-likeness (QED) is 0.588. The molecule has 0 radical (unpaired) electrons. The molecule has 2 aliphatic rings. The van der Waals surface area contributed by atoms with E-state index in [1.54, 1.807) is 17.0 Å². The van der Waals surface area contributed by atoms with Gasteiger partial charge in [-0.15, -0.1) is 0 Å². The number of aryl methyl sites for hydroxylation is 1. The molecule has 3 aromatic rings. The maximum atomic E-state index is 13.1. The number of hydrogen-bond acceptors (Lipinski definition) is 4. The van der Waals surface area contributed by atoms with E-state index in [1.165, 1.54) is 0 Å². The molecule has 1 unspecified atom stereocenters. The van der Waals surface area contributed by atoms with Gasteiger partial charge in [-0.25, -0.2) is 4.98 Å². The van der Waals surface area contributed by atoms with Crippen LogP contribution in [0.5, 0.6) is 0 Å². The summed E-state index contributed by atoms with van der Waals surface area (Å²) in [5, 5.41) is 12.0. The third-order valence-electron chi connectivity index (χ3n) is 8.04. The van der Waals surface area contributed by atoms with Crippen molar-refractivity contribution in [3.63, 3.8) is 0 Å². The molecule has 1 atom stereocenters. The van der Waals surface area contributed by atoms with Crippen LogP contribution >= 0.6 is 0 Å². The van der Waals surface area contributed by atoms with Crippen LogP contribution in [-0.4, -0.2) is 44.2 Å². The van der Waals surface area contributed by atoms with E-state index in [4.69, 9.17) is 0 Å². The van der Waals surface area contributed by atoms with Gasteiger partial charge in [-0.05, 0) is 31.2 Å². The predicted octanol–water partition coefficient (Wildman–Crippen LogP) is 4.07. The van der Waals surface area contributed by atoms with Crippen LogP contribution in [0.4, 0.5) is 0 Å². The van der Waals surface area contributed by atoms with Gasteiger partial charge in [-0.2, -0.15) is 0 Å². The van der Waals surface area contributed by atoms with Crippen LogP contribution in [0.3, 0.4) is 0 Å². The Morgan fingerprint density at radius 3 is 2.34 bits per heavy atom.